The van der Waals surface area contributed by atoms with Crippen molar-refractivity contribution in [3.05, 3.63) is 59.1 Å². The number of carbonyl (C=O) groups excluding carboxylic acids is 2. The van der Waals surface area contributed by atoms with E-state index >= 15 is 0 Å². The SMILES string of the molecule is CCOc1cc(/C=C/C(=O)OCC(=O)N(c2ccccc2)C(C)C)cc(Cl)c1OC. The van der Waals surface area contributed by atoms with Gasteiger partial charge in [0.15, 0.2) is 18.1 Å². The second-order valence-corrected chi connectivity index (χ2v) is 7.01. The number of hydrogen-bond acceptors (Lipinski definition) is 5. The molecule has 1 amide bonds. The number of amides is 1. The molecule has 0 N–H and O–H groups in total. The lowest BCUT2D eigenvalue weighted by Crippen LogP contribution is -2.39. The topological polar surface area (TPSA) is 65.1 Å². The first-order valence-electron chi connectivity index (χ1n) is 9.59. The Kier molecular flexibility index (Phi) is 8.74. The van der Waals surface area contributed by atoms with Gasteiger partial charge in [-0.05, 0) is 56.7 Å². The number of benzene rings is 2. The zero-order valence-electron chi connectivity index (χ0n) is 17.6. The van der Waals surface area contributed by atoms with Crippen LogP contribution in [-0.2, 0) is 14.3 Å². The van der Waals surface area contributed by atoms with Gasteiger partial charge in [-0.3, -0.25) is 4.79 Å². The largest absolute Gasteiger partial charge is 0.491 e. The minimum absolute atomic E-state index is 0.0763. The Balaban J connectivity index is 2.03. The van der Waals surface area contributed by atoms with E-state index in [1.165, 1.54) is 19.3 Å². The molecular weight excluding hydrogens is 406 g/mol. The first kappa shape index (κ1) is 23.3. The van der Waals surface area contributed by atoms with Crippen molar-refractivity contribution in [3.8, 4) is 11.5 Å². The quantitative estimate of drug-likeness (QED) is 0.423. The Morgan fingerprint density at radius 3 is 2.47 bits per heavy atom. The van der Waals surface area contributed by atoms with Gasteiger partial charge >= 0.3 is 5.97 Å². The van der Waals surface area contributed by atoms with E-state index in [2.05, 4.69) is 0 Å². The molecule has 2 aromatic rings. The third kappa shape index (κ3) is 6.26. The summed E-state index contributed by atoms with van der Waals surface area (Å²) in [5, 5.41) is 0.363. The second kappa shape index (κ2) is 11.3. The molecule has 0 heterocycles. The van der Waals surface area contributed by atoms with Crippen LogP contribution in [0.2, 0.25) is 5.02 Å². The van der Waals surface area contributed by atoms with Gasteiger partial charge in [0.05, 0.1) is 18.7 Å². The van der Waals surface area contributed by atoms with Crippen molar-refractivity contribution in [1.82, 2.24) is 0 Å². The number of anilines is 1. The molecule has 2 aromatic carbocycles. The summed E-state index contributed by atoms with van der Waals surface area (Å²) in [5.74, 6) is -0.0289. The minimum Gasteiger partial charge on any atom is -0.491 e. The van der Waals surface area contributed by atoms with Gasteiger partial charge in [-0.1, -0.05) is 29.8 Å². The van der Waals surface area contributed by atoms with Crippen molar-refractivity contribution >= 4 is 35.2 Å². The molecule has 0 atom stereocenters. The number of rotatable bonds is 9. The summed E-state index contributed by atoms with van der Waals surface area (Å²) in [6.45, 7) is 5.73. The van der Waals surface area contributed by atoms with Gasteiger partial charge in [-0.25, -0.2) is 4.79 Å². The molecule has 30 heavy (non-hydrogen) atoms. The molecule has 0 fully saturated rings. The number of esters is 1. The molecule has 2 rings (SSSR count). The summed E-state index contributed by atoms with van der Waals surface area (Å²) < 4.78 is 15.9. The fourth-order valence-corrected chi connectivity index (χ4v) is 3.17. The van der Waals surface area contributed by atoms with Crippen molar-refractivity contribution in [1.29, 1.82) is 0 Å². The van der Waals surface area contributed by atoms with Crippen LogP contribution in [0.4, 0.5) is 5.69 Å². The number of ether oxygens (including phenoxy) is 3. The Hall–Kier alpha value is -2.99. The van der Waals surface area contributed by atoms with Crippen LogP contribution in [0.3, 0.4) is 0 Å². The average Bonchev–Trinajstić information content (AvgIpc) is 2.71. The van der Waals surface area contributed by atoms with Gasteiger partial charge in [-0.2, -0.15) is 0 Å². The van der Waals surface area contributed by atoms with Crippen LogP contribution in [0.1, 0.15) is 26.3 Å². The number of carbonyl (C=O) groups is 2. The van der Waals surface area contributed by atoms with E-state index in [9.17, 15) is 9.59 Å². The van der Waals surface area contributed by atoms with Gasteiger partial charge in [0.2, 0.25) is 0 Å². The number of hydrogen-bond donors (Lipinski definition) is 0. The molecule has 0 saturated carbocycles. The Morgan fingerprint density at radius 2 is 1.87 bits per heavy atom. The number of nitrogens with zero attached hydrogens (tertiary/aromatic N) is 1. The molecule has 0 saturated heterocycles. The number of halogens is 1. The van der Waals surface area contributed by atoms with E-state index in [4.69, 9.17) is 25.8 Å². The molecule has 160 valence electrons. The molecule has 0 aliphatic carbocycles. The summed E-state index contributed by atoms with van der Waals surface area (Å²) in [6, 6.07) is 12.5. The molecule has 0 aromatic heterocycles. The fraction of sp³-hybridized carbons (Fsp3) is 0.304. The first-order valence-corrected chi connectivity index (χ1v) is 9.97. The molecule has 7 heteroatoms. The Morgan fingerprint density at radius 1 is 1.17 bits per heavy atom. The zero-order valence-corrected chi connectivity index (χ0v) is 18.3. The van der Waals surface area contributed by atoms with Gasteiger partial charge in [0.25, 0.3) is 5.91 Å². The van der Waals surface area contributed by atoms with Gasteiger partial charge < -0.3 is 19.1 Å². The highest BCUT2D eigenvalue weighted by Crippen LogP contribution is 2.36. The molecule has 6 nitrogen and oxygen atoms in total. The maximum Gasteiger partial charge on any atom is 0.331 e. The lowest BCUT2D eigenvalue weighted by molar-refractivity contribution is -0.143. The summed E-state index contributed by atoms with van der Waals surface area (Å²) in [5.41, 5.74) is 1.39. The summed E-state index contributed by atoms with van der Waals surface area (Å²) in [7, 11) is 1.50. The van der Waals surface area contributed by atoms with E-state index in [1.807, 2.05) is 51.1 Å². The zero-order chi connectivity index (χ0) is 22.1. The van der Waals surface area contributed by atoms with E-state index in [1.54, 1.807) is 17.0 Å². The highest BCUT2D eigenvalue weighted by molar-refractivity contribution is 6.32. The predicted molar refractivity (Wildman–Crippen MR) is 118 cm³/mol. The molecule has 0 spiro atoms. The summed E-state index contributed by atoms with van der Waals surface area (Å²) in [4.78, 5) is 26.3. The van der Waals surface area contributed by atoms with Crippen LogP contribution < -0.4 is 14.4 Å². The van der Waals surface area contributed by atoms with Gasteiger partial charge in [-0.15, -0.1) is 0 Å². The molecule has 0 bridgehead atoms. The van der Waals surface area contributed by atoms with E-state index in [0.29, 0.717) is 28.7 Å². The second-order valence-electron chi connectivity index (χ2n) is 6.60. The summed E-state index contributed by atoms with van der Waals surface area (Å²) in [6.07, 6.45) is 2.78. The Labute approximate surface area is 182 Å². The monoisotopic (exact) mass is 431 g/mol. The highest BCUT2D eigenvalue weighted by atomic mass is 35.5. The van der Waals surface area contributed by atoms with E-state index in [0.717, 1.165) is 5.69 Å². The van der Waals surface area contributed by atoms with Crippen molar-refractivity contribution < 1.29 is 23.8 Å². The maximum atomic E-state index is 12.6. The highest BCUT2D eigenvalue weighted by Gasteiger charge is 2.20. The molecular formula is C23H26ClNO5. The van der Waals surface area contributed by atoms with Crippen LogP contribution in [0.5, 0.6) is 11.5 Å². The molecule has 0 aliphatic heterocycles. The normalized spacial score (nSPS) is 10.9. The maximum absolute atomic E-state index is 12.6. The third-order valence-electron chi connectivity index (χ3n) is 4.11. The average molecular weight is 432 g/mol. The summed E-state index contributed by atoms with van der Waals surface area (Å²) >= 11 is 6.21. The van der Waals surface area contributed by atoms with Crippen LogP contribution in [-0.4, -0.2) is 38.2 Å². The van der Waals surface area contributed by atoms with Crippen LogP contribution in [0.25, 0.3) is 6.08 Å². The smallest absolute Gasteiger partial charge is 0.331 e. The molecule has 0 radical (unpaired) electrons. The van der Waals surface area contributed by atoms with Crippen molar-refractivity contribution in [2.45, 2.75) is 26.8 Å². The molecule has 0 aliphatic rings. The standard InChI is InChI=1S/C23H26ClNO5/c1-5-29-20-14-17(13-19(24)23(20)28-4)11-12-22(27)30-15-21(26)25(16(2)3)18-9-7-6-8-10-18/h6-14,16H,5,15H2,1-4H3/b12-11+. The lowest BCUT2D eigenvalue weighted by atomic mass is 10.2. The van der Waals surface area contributed by atoms with Crippen LogP contribution >= 0.6 is 11.6 Å². The minimum atomic E-state index is -0.634. The van der Waals surface area contributed by atoms with Crippen LogP contribution in [0.15, 0.2) is 48.5 Å². The third-order valence-corrected chi connectivity index (χ3v) is 4.39. The number of para-hydroxylation sites is 1. The number of methoxy groups -OCH3 is 1. The fourth-order valence-electron chi connectivity index (χ4n) is 2.88. The van der Waals surface area contributed by atoms with E-state index in [-0.39, 0.29) is 18.6 Å². The Bertz CT molecular complexity index is 896. The van der Waals surface area contributed by atoms with Gasteiger partial charge in [0.1, 0.15) is 0 Å². The molecule has 0 unspecified atom stereocenters. The first-order chi connectivity index (χ1) is 14.4. The van der Waals surface area contributed by atoms with Crippen LogP contribution in [0, 0.1) is 0 Å². The van der Waals surface area contributed by atoms with Crippen molar-refractivity contribution in [3.63, 3.8) is 0 Å². The lowest BCUT2D eigenvalue weighted by Gasteiger charge is -2.26. The van der Waals surface area contributed by atoms with Crippen molar-refractivity contribution in [2.75, 3.05) is 25.2 Å². The van der Waals surface area contributed by atoms with E-state index < -0.39 is 5.97 Å². The predicted octanol–water partition coefficient (Wildman–Crippen LogP) is 4.75. The van der Waals surface area contributed by atoms with Crippen molar-refractivity contribution in [2.24, 2.45) is 0 Å². The van der Waals surface area contributed by atoms with Gasteiger partial charge in [0, 0.05) is 17.8 Å².